The molecule has 2 atom stereocenters. The fraction of sp³-hybridized carbons (Fsp3) is 0.588. The molecule has 2 aliphatic rings. The number of carbonyl (C=O) groups is 1. The Morgan fingerprint density at radius 3 is 2.48 bits per heavy atom. The Morgan fingerprint density at radius 1 is 1.24 bits per heavy atom. The van der Waals surface area contributed by atoms with Crippen molar-refractivity contribution < 1.29 is 4.79 Å². The number of hydrogen-bond donors (Lipinski definition) is 1. The maximum atomic E-state index is 12.0. The van der Waals surface area contributed by atoms with Gasteiger partial charge in [-0.3, -0.25) is 4.79 Å². The van der Waals surface area contributed by atoms with E-state index in [4.69, 9.17) is 0 Å². The predicted molar refractivity (Wildman–Crippen MR) is 86.8 cm³/mol. The largest absolute Gasteiger partial charge is 0.369 e. The van der Waals surface area contributed by atoms with E-state index in [2.05, 4.69) is 48.1 Å². The summed E-state index contributed by atoms with van der Waals surface area (Å²) in [5.41, 5.74) is 3.46. The number of benzene rings is 1. The van der Waals surface area contributed by atoms with E-state index in [1.807, 2.05) is 6.07 Å². The van der Waals surface area contributed by atoms with Crippen molar-refractivity contribution in [3.8, 4) is 0 Å². The van der Waals surface area contributed by atoms with Crippen molar-refractivity contribution in [2.45, 2.75) is 20.3 Å². The lowest BCUT2D eigenvalue weighted by Gasteiger charge is -2.35. The Labute approximate surface area is 127 Å². The number of anilines is 2. The molecule has 21 heavy (non-hydrogen) atoms. The Morgan fingerprint density at radius 2 is 1.90 bits per heavy atom. The van der Waals surface area contributed by atoms with Crippen molar-refractivity contribution >= 4 is 17.3 Å². The molecule has 2 fully saturated rings. The van der Waals surface area contributed by atoms with Crippen molar-refractivity contribution in [3.63, 3.8) is 0 Å². The van der Waals surface area contributed by atoms with Crippen molar-refractivity contribution in [3.05, 3.63) is 23.8 Å². The summed E-state index contributed by atoms with van der Waals surface area (Å²) < 4.78 is 0. The molecule has 114 valence electrons. The van der Waals surface area contributed by atoms with Gasteiger partial charge in [0.15, 0.2) is 0 Å². The molecule has 1 saturated carbocycles. The zero-order valence-electron chi connectivity index (χ0n) is 13.2. The molecular weight excluding hydrogens is 262 g/mol. The first-order chi connectivity index (χ1) is 10.0. The minimum absolute atomic E-state index is 0.175. The first-order valence-corrected chi connectivity index (χ1v) is 7.89. The van der Waals surface area contributed by atoms with Crippen molar-refractivity contribution in [2.75, 3.05) is 43.4 Å². The van der Waals surface area contributed by atoms with Crippen LogP contribution in [0, 0.1) is 18.8 Å². The minimum atomic E-state index is 0.175. The summed E-state index contributed by atoms with van der Waals surface area (Å²) in [6.45, 7) is 8.62. The summed E-state index contributed by atoms with van der Waals surface area (Å²) in [6.07, 6.45) is 1.03. The quantitative estimate of drug-likeness (QED) is 0.927. The Balaban J connectivity index is 1.66. The fourth-order valence-corrected chi connectivity index (χ4v) is 3.06. The maximum absolute atomic E-state index is 12.0. The fourth-order valence-electron chi connectivity index (χ4n) is 3.06. The van der Waals surface area contributed by atoms with E-state index in [0.29, 0.717) is 5.92 Å². The summed E-state index contributed by atoms with van der Waals surface area (Å²) in [4.78, 5) is 16.8. The number of carbonyl (C=O) groups excluding carboxylic acids is 1. The molecule has 1 N–H and O–H groups in total. The molecule has 1 heterocycles. The van der Waals surface area contributed by atoms with Crippen LogP contribution >= 0.6 is 0 Å². The molecule has 0 aromatic heterocycles. The van der Waals surface area contributed by atoms with Crippen LogP contribution in [-0.4, -0.2) is 44.0 Å². The van der Waals surface area contributed by atoms with Gasteiger partial charge in [0.1, 0.15) is 0 Å². The maximum Gasteiger partial charge on any atom is 0.227 e. The molecule has 1 aromatic carbocycles. The number of hydrogen-bond acceptors (Lipinski definition) is 3. The van der Waals surface area contributed by atoms with Crippen LogP contribution in [0.5, 0.6) is 0 Å². The van der Waals surface area contributed by atoms with E-state index < -0.39 is 0 Å². The Bertz CT molecular complexity index is 535. The third-order valence-corrected chi connectivity index (χ3v) is 4.75. The van der Waals surface area contributed by atoms with Gasteiger partial charge in [0.2, 0.25) is 5.91 Å². The highest BCUT2D eigenvalue weighted by Gasteiger charge is 2.39. The van der Waals surface area contributed by atoms with Crippen LogP contribution in [0.2, 0.25) is 0 Å². The van der Waals surface area contributed by atoms with Crippen LogP contribution in [0.4, 0.5) is 11.4 Å². The predicted octanol–water partition coefficient (Wildman–Crippen LogP) is 2.34. The second-order valence-electron chi connectivity index (χ2n) is 6.60. The Hall–Kier alpha value is -1.55. The number of rotatable bonds is 3. The highest BCUT2D eigenvalue weighted by atomic mass is 16.2. The van der Waals surface area contributed by atoms with Gasteiger partial charge in [-0.1, -0.05) is 6.92 Å². The minimum Gasteiger partial charge on any atom is -0.369 e. The van der Waals surface area contributed by atoms with Crippen molar-refractivity contribution in [1.82, 2.24) is 4.90 Å². The Kier molecular flexibility index (Phi) is 3.89. The van der Waals surface area contributed by atoms with Crippen LogP contribution in [0.1, 0.15) is 18.9 Å². The van der Waals surface area contributed by atoms with E-state index in [9.17, 15) is 4.79 Å². The van der Waals surface area contributed by atoms with Crippen LogP contribution in [0.15, 0.2) is 18.2 Å². The molecule has 0 radical (unpaired) electrons. The average Bonchev–Trinajstić information content (AvgIpc) is 3.18. The van der Waals surface area contributed by atoms with E-state index in [0.717, 1.165) is 38.3 Å². The number of nitrogens with zero attached hydrogens (tertiary/aromatic N) is 2. The standard InChI is InChI=1S/C17H25N3O/c1-12-11-15(12)17(21)18-14-4-5-16(13(2)10-14)20-8-6-19(3)7-9-20/h4-5,10,12,15H,6-9,11H2,1-3H3,(H,18,21)/t12-,15+/m0/s1. The van der Waals surface area contributed by atoms with Gasteiger partial charge in [-0.15, -0.1) is 0 Å². The molecule has 1 aliphatic heterocycles. The first-order valence-electron chi connectivity index (χ1n) is 7.89. The van der Waals surface area contributed by atoms with Gasteiger partial charge in [-0.05, 0) is 50.1 Å². The second kappa shape index (κ2) is 5.68. The number of aryl methyl sites for hydroxylation is 1. The molecule has 4 nitrogen and oxygen atoms in total. The van der Waals surface area contributed by atoms with Crippen LogP contribution in [0.25, 0.3) is 0 Å². The smallest absolute Gasteiger partial charge is 0.227 e. The lowest BCUT2D eigenvalue weighted by Crippen LogP contribution is -2.44. The van der Waals surface area contributed by atoms with Crippen molar-refractivity contribution in [2.24, 2.45) is 11.8 Å². The SMILES string of the molecule is Cc1cc(NC(=O)[C@@H]2C[C@@H]2C)ccc1N1CCN(C)CC1. The summed E-state index contributed by atoms with van der Waals surface area (Å²) >= 11 is 0. The number of piperazine rings is 1. The van der Waals surface area contributed by atoms with Gasteiger partial charge in [0.25, 0.3) is 0 Å². The van der Waals surface area contributed by atoms with E-state index in [1.54, 1.807) is 0 Å². The van der Waals surface area contributed by atoms with Gasteiger partial charge >= 0.3 is 0 Å². The van der Waals surface area contributed by atoms with Gasteiger partial charge in [-0.25, -0.2) is 0 Å². The summed E-state index contributed by atoms with van der Waals surface area (Å²) in [5.74, 6) is 0.951. The van der Waals surface area contributed by atoms with Gasteiger partial charge in [-0.2, -0.15) is 0 Å². The monoisotopic (exact) mass is 287 g/mol. The van der Waals surface area contributed by atoms with Gasteiger partial charge in [0.05, 0.1) is 0 Å². The molecule has 1 amide bonds. The lowest BCUT2D eigenvalue weighted by molar-refractivity contribution is -0.117. The molecule has 0 spiro atoms. The molecule has 4 heteroatoms. The molecule has 0 unspecified atom stereocenters. The zero-order valence-corrected chi connectivity index (χ0v) is 13.2. The van der Waals surface area contributed by atoms with Crippen LogP contribution in [0.3, 0.4) is 0 Å². The molecule has 0 bridgehead atoms. The summed E-state index contributed by atoms with van der Waals surface area (Å²) in [7, 11) is 2.17. The van der Waals surface area contributed by atoms with E-state index in [1.165, 1.54) is 11.3 Å². The molecule has 1 saturated heterocycles. The molecule has 1 aromatic rings. The topological polar surface area (TPSA) is 35.6 Å². The molecule has 1 aliphatic carbocycles. The van der Waals surface area contributed by atoms with Crippen LogP contribution in [-0.2, 0) is 4.79 Å². The van der Waals surface area contributed by atoms with Crippen molar-refractivity contribution in [1.29, 1.82) is 0 Å². The highest BCUT2D eigenvalue weighted by molar-refractivity contribution is 5.94. The highest BCUT2D eigenvalue weighted by Crippen LogP contribution is 2.38. The number of likely N-dealkylation sites (N-methyl/N-ethyl adjacent to an activating group) is 1. The number of nitrogens with one attached hydrogen (secondary N) is 1. The third kappa shape index (κ3) is 3.21. The zero-order chi connectivity index (χ0) is 15.0. The average molecular weight is 287 g/mol. The van der Waals surface area contributed by atoms with Gasteiger partial charge < -0.3 is 15.1 Å². The van der Waals surface area contributed by atoms with E-state index in [-0.39, 0.29) is 11.8 Å². The third-order valence-electron chi connectivity index (χ3n) is 4.75. The summed E-state index contributed by atoms with van der Waals surface area (Å²) in [6, 6.07) is 6.27. The lowest BCUT2D eigenvalue weighted by atomic mass is 10.1. The van der Waals surface area contributed by atoms with E-state index >= 15 is 0 Å². The number of amides is 1. The summed E-state index contributed by atoms with van der Waals surface area (Å²) in [5, 5.41) is 3.05. The normalized spacial score (nSPS) is 25.8. The second-order valence-corrected chi connectivity index (χ2v) is 6.60. The molecule has 3 rings (SSSR count). The first kappa shape index (κ1) is 14.4. The molecular formula is C17H25N3O. The van der Waals surface area contributed by atoms with Crippen LogP contribution < -0.4 is 10.2 Å². The van der Waals surface area contributed by atoms with Gasteiger partial charge in [0, 0.05) is 43.5 Å².